The second-order valence-corrected chi connectivity index (χ2v) is 15.8. The molecular weight excluding hydrogens is 667 g/mol. The molecule has 11 rings (SSSR count). The van der Waals surface area contributed by atoms with Crippen LogP contribution in [0.1, 0.15) is 48.6 Å². The standard InChI is InChI=1S/C53H39NO/c1-52(2)44-24-11-7-20-39(44)42-29-28-37(31-47(42)52)54(36-19-15-18-35(30-36)34-16-5-4-6-17-34)38-32-48(51-43-23-10-14-27-49(43)55-50(51)33-38)53(3)45-25-12-8-21-40(45)41-22-9-13-26-46(41)53/h4-33H,1-3H3. The molecule has 0 unspecified atom stereocenters. The third kappa shape index (κ3) is 4.55. The van der Waals surface area contributed by atoms with Gasteiger partial charge in [-0.05, 0) is 105 Å². The molecule has 1 aromatic heterocycles. The van der Waals surface area contributed by atoms with Crippen LogP contribution in [-0.2, 0) is 10.8 Å². The molecule has 0 aliphatic heterocycles. The van der Waals surface area contributed by atoms with Crippen LogP contribution in [0.3, 0.4) is 0 Å². The first-order valence-corrected chi connectivity index (χ1v) is 19.3. The summed E-state index contributed by atoms with van der Waals surface area (Å²) in [4.78, 5) is 2.44. The molecule has 0 bridgehead atoms. The van der Waals surface area contributed by atoms with Gasteiger partial charge in [-0.3, -0.25) is 0 Å². The van der Waals surface area contributed by atoms with Gasteiger partial charge in [-0.15, -0.1) is 0 Å². The van der Waals surface area contributed by atoms with Gasteiger partial charge in [0.15, 0.2) is 0 Å². The van der Waals surface area contributed by atoms with Gasteiger partial charge >= 0.3 is 0 Å². The van der Waals surface area contributed by atoms with Crippen molar-refractivity contribution in [3.05, 3.63) is 210 Å². The summed E-state index contributed by atoms with van der Waals surface area (Å²) in [6, 6.07) is 66.7. The number of fused-ring (bicyclic) bond motifs is 9. The number of anilines is 3. The van der Waals surface area contributed by atoms with E-state index in [-0.39, 0.29) is 5.41 Å². The Morgan fingerprint density at radius 1 is 0.382 bits per heavy atom. The van der Waals surface area contributed by atoms with E-state index in [4.69, 9.17) is 4.42 Å². The third-order valence-electron chi connectivity index (χ3n) is 12.5. The predicted octanol–water partition coefficient (Wildman–Crippen LogP) is 14.4. The lowest BCUT2D eigenvalue weighted by atomic mass is 9.72. The van der Waals surface area contributed by atoms with Gasteiger partial charge in [0, 0.05) is 39.0 Å². The minimum absolute atomic E-state index is 0.141. The number of hydrogen-bond donors (Lipinski definition) is 0. The first kappa shape index (κ1) is 31.8. The molecule has 0 fully saturated rings. The highest BCUT2D eigenvalue weighted by molar-refractivity contribution is 6.10. The second kappa shape index (κ2) is 11.7. The number of furan rings is 1. The summed E-state index contributed by atoms with van der Waals surface area (Å²) in [7, 11) is 0. The molecule has 0 atom stereocenters. The molecule has 8 aromatic carbocycles. The molecule has 0 saturated heterocycles. The zero-order chi connectivity index (χ0) is 36.9. The summed E-state index contributed by atoms with van der Waals surface area (Å²) in [5.41, 5.74) is 18.6. The Labute approximate surface area is 322 Å². The predicted molar refractivity (Wildman–Crippen MR) is 229 cm³/mol. The average Bonchev–Trinajstić information content (AvgIpc) is 3.82. The molecule has 2 nitrogen and oxygen atoms in total. The largest absolute Gasteiger partial charge is 0.456 e. The summed E-state index contributed by atoms with van der Waals surface area (Å²) in [5, 5.41) is 2.30. The number of nitrogens with zero attached hydrogens (tertiary/aromatic N) is 1. The van der Waals surface area contributed by atoms with Crippen molar-refractivity contribution in [3.63, 3.8) is 0 Å². The highest BCUT2D eigenvalue weighted by Crippen LogP contribution is 2.56. The first-order chi connectivity index (χ1) is 26.9. The van der Waals surface area contributed by atoms with Crippen molar-refractivity contribution < 1.29 is 4.42 Å². The van der Waals surface area contributed by atoms with E-state index in [9.17, 15) is 0 Å². The van der Waals surface area contributed by atoms with Gasteiger partial charge in [0.1, 0.15) is 11.2 Å². The van der Waals surface area contributed by atoms with Crippen LogP contribution in [0.25, 0.3) is 55.3 Å². The van der Waals surface area contributed by atoms with Gasteiger partial charge in [-0.25, -0.2) is 0 Å². The SMILES string of the molecule is CC1(C)c2ccccc2-c2ccc(N(c3cccc(-c4ccccc4)c3)c3cc(C4(C)c5ccccc5-c5ccccc54)c4c(c3)oc3ccccc34)cc21. The fraction of sp³-hybridized carbons (Fsp3) is 0.0943. The van der Waals surface area contributed by atoms with Crippen LogP contribution in [-0.4, -0.2) is 0 Å². The van der Waals surface area contributed by atoms with Gasteiger partial charge in [0.2, 0.25) is 0 Å². The topological polar surface area (TPSA) is 16.4 Å². The molecular formula is C53H39NO. The molecule has 0 amide bonds. The molecule has 262 valence electrons. The molecule has 2 aliphatic rings. The van der Waals surface area contributed by atoms with Gasteiger partial charge in [0.05, 0.1) is 5.69 Å². The van der Waals surface area contributed by atoms with Crippen molar-refractivity contribution in [2.24, 2.45) is 0 Å². The van der Waals surface area contributed by atoms with E-state index in [1.807, 2.05) is 0 Å². The van der Waals surface area contributed by atoms with E-state index in [0.29, 0.717) is 0 Å². The van der Waals surface area contributed by atoms with Crippen LogP contribution < -0.4 is 4.90 Å². The van der Waals surface area contributed by atoms with Crippen molar-refractivity contribution in [3.8, 4) is 33.4 Å². The van der Waals surface area contributed by atoms with Crippen molar-refractivity contribution in [2.45, 2.75) is 31.6 Å². The Kier molecular flexibility index (Phi) is 6.76. The van der Waals surface area contributed by atoms with Crippen LogP contribution >= 0.6 is 0 Å². The second-order valence-electron chi connectivity index (χ2n) is 15.8. The van der Waals surface area contributed by atoms with E-state index in [0.717, 1.165) is 39.0 Å². The molecule has 55 heavy (non-hydrogen) atoms. The summed E-state index contributed by atoms with van der Waals surface area (Å²) in [6.45, 7) is 7.12. The van der Waals surface area contributed by atoms with E-state index in [1.165, 1.54) is 61.2 Å². The highest BCUT2D eigenvalue weighted by Gasteiger charge is 2.43. The van der Waals surface area contributed by atoms with Gasteiger partial charge in [-0.2, -0.15) is 0 Å². The molecule has 0 spiro atoms. The number of para-hydroxylation sites is 1. The first-order valence-electron chi connectivity index (χ1n) is 19.3. The smallest absolute Gasteiger partial charge is 0.137 e. The Balaban J connectivity index is 1.21. The molecule has 0 radical (unpaired) electrons. The summed E-state index contributed by atoms with van der Waals surface area (Å²) in [5.74, 6) is 0. The van der Waals surface area contributed by atoms with Crippen LogP contribution in [0.2, 0.25) is 0 Å². The number of hydrogen-bond acceptors (Lipinski definition) is 2. The Hall–Kier alpha value is -6.64. The van der Waals surface area contributed by atoms with Crippen molar-refractivity contribution >= 4 is 39.0 Å². The maximum atomic E-state index is 6.85. The van der Waals surface area contributed by atoms with Crippen molar-refractivity contribution in [1.82, 2.24) is 0 Å². The van der Waals surface area contributed by atoms with E-state index in [1.54, 1.807) is 0 Å². The number of benzene rings is 8. The fourth-order valence-corrected chi connectivity index (χ4v) is 9.84. The fourth-order valence-electron chi connectivity index (χ4n) is 9.84. The van der Waals surface area contributed by atoms with E-state index in [2.05, 4.69) is 208 Å². The van der Waals surface area contributed by atoms with Crippen LogP contribution in [0.4, 0.5) is 17.1 Å². The van der Waals surface area contributed by atoms with Crippen molar-refractivity contribution in [1.29, 1.82) is 0 Å². The third-order valence-corrected chi connectivity index (χ3v) is 12.5. The Morgan fingerprint density at radius 2 is 0.945 bits per heavy atom. The summed E-state index contributed by atoms with van der Waals surface area (Å²) >= 11 is 0. The monoisotopic (exact) mass is 705 g/mol. The lowest BCUT2D eigenvalue weighted by Crippen LogP contribution is -2.23. The minimum Gasteiger partial charge on any atom is -0.456 e. The summed E-state index contributed by atoms with van der Waals surface area (Å²) in [6.07, 6.45) is 0. The van der Waals surface area contributed by atoms with Crippen LogP contribution in [0.15, 0.2) is 186 Å². The van der Waals surface area contributed by atoms with E-state index < -0.39 is 5.41 Å². The number of rotatable bonds is 5. The Morgan fingerprint density at radius 3 is 1.69 bits per heavy atom. The molecule has 0 saturated carbocycles. The molecule has 9 aromatic rings. The maximum absolute atomic E-state index is 6.85. The molecule has 0 N–H and O–H groups in total. The highest BCUT2D eigenvalue weighted by atomic mass is 16.3. The van der Waals surface area contributed by atoms with E-state index >= 15 is 0 Å². The lowest BCUT2D eigenvalue weighted by molar-refractivity contribution is 0.660. The maximum Gasteiger partial charge on any atom is 0.137 e. The molecule has 2 aliphatic carbocycles. The minimum atomic E-state index is -0.437. The molecule has 1 heterocycles. The van der Waals surface area contributed by atoms with Gasteiger partial charge in [0.25, 0.3) is 0 Å². The van der Waals surface area contributed by atoms with Crippen LogP contribution in [0.5, 0.6) is 0 Å². The van der Waals surface area contributed by atoms with Gasteiger partial charge in [-0.1, -0.05) is 153 Å². The van der Waals surface area contributed by atoms with Crippen LogP contribution in [0, 0.1) is 0 Å². The lowest BCUT2D eigenvalue weighted by Gasteiger charge is -2.32. The zero-order valence-electron chi connectivity index (χ0n) is 31.2. The molecule has 2 heteroatoms. The quantitative estimate of drug-likeness (QED) is 0.177. The average molecular weight is 706 g/mol. The summed E-state index contributed by atoms with van der Waals surface area (Å²) < 4.78 is 6.85. The normalized spacial score (nSPS) is 14.4. The van der Waals surface area contributed by atoms with Gasteiger partial charge < -0.3 is 9.32 Å². The van der Waals surface area contributed by atoms with Crippen molar-refractivity contribution in [2.75, 3.05) is 4.90 Å². The Bertz CT molecular complexity index is 2940. The zero-order valence-corrected chi connectivity index (χ0v) is 31.2.